The molecule has 0 saturated heterocycles. The summed E-state index contributed by atoms with van der Waals surface area (Å²) in [6, 6.07) is 3.95. The highest BCUT2D eigenvalue weighted by Crippen LogP contribution is 2.34. The van der Waals surface area contributed by atoms with E-state index in [4.69, 9.17) is 5.11 Å². The zero-order valence-electron chi connectivity index (χ0n) is 6.43. The minimum Gasteiger partial charge on any atom is -0.465 e. The van der Waals surface area contributed by atoms with E-state index in [0.29, 0.717) is 0 Å². The molecule has 0 spiro atoms. The van der Waals surface area contributed by atoms with Crippen molar-refractivity contribution in [1.82, 2.24) is 0 Å². The Hall–Kier alpha value is -1.03. The molecule has 0 aromatic carbocycles. The van der Waals surface area contributed by atoms with Crippen LogP contribution in [0.15, 0.2) is 17.5 Å². The lowest BCUT2D eigenvalue weighted by Gasteiger charge is -2.15. The van der Waals surface area contributed by atoms with Gasteiger partial charge in [0.05, 0.1) is 0 Å². The molecule has 2 rings (SSSR count). The van der Waals surface area contributed by atoms with Crippen LogP contribution in [-0.2, 0) is 0 Å². The summed E-state index contributed by atoms with van der Waals surface area (Å²) in [7, 11) is 0. The van der Waals surface area contributed by atoms with Gasteiger partial charge in [-0.1, -0.05) is 0 Å². The molecule has 3 nitrogen and oxygen atoms in total. The van der Waals surface area contributed by atoms with Gasteiger partial charge in [0, 0.05) is 6.04 Å². The third-order valence-corrected chi connectivity index (χ3v) is 2.73. The Bertz CT molecular complexity index is 279. The zero-order chi connectivity index (χ0) is 8.55. The van der Waals surface area contributed by atoms with Crippen molar-refractivity contribution in [2.24, 2.45) is 0 Å². The smallest absolute Gasteiger partial charge is 0.412 e. The zero-order valence-corrected chi connectivity index (χ0v) is 7.25. The van der Waals surface area contributed by atoms with Crippen molar-refractivity contribution in [1.29, 1.82) is 0 Å². The van der Waals surface area contributed by atoms with Crippen LogP contribution in [0.5, 0.6) is 0 Å². The van der Waals surface area contributed by atoms with Gasteiger partial charge >= 0.3 is 6.09 Å². The van der Waals surface area contributed by atoms with E-state index in [1.54, 1.807) is 0 Å². The van der Waals surface area contributed by atoms with Crippen LogP contribution in [-0.4, -0.2) is 17.2 Å². The number of hydrogen-bond donors (Lipinski definition) is 1. The lowest BCUT2D eigenvalue weighted by molar-refractivity contribution is 0.201. The quantitative estimate of drug-likeness (QED) is 0.764. The maximum absolute atomic E-state index is 10.8. The van der Waals surface area contributed by atoms with Crippen LogP contribution in [0.4, 0.5) is 9.80 Å². The van der Waals surface area contributed by atoms with Gasteiger partial charge < -0.3 is 5.11 Å². The van der Waals surface area contributed by atoms with Gasteiger partial charge in [-0.2, -0.15) is 0 Å². The first-order valence-electron chi connectivity index (χ1n) is 3.84. The molecular weight excluding hydrogens is 174 g/mol. The Labute approximate surface area is 74.2 Å². The van der Waals surface area contributed by atoms with Gasteiger partial charge in [0.1, 0.15) is 5.00 Å². The second-order valence-electron chi connectivity index (χ2n) is 2.84. The number of anilines is 1. The van der Waals surface area contributed by atoms with Crippen molar-refractivity contribution >= 4 is 22.4 Å². The van der Waals surface area contributed by atoms with Crippen molar-refractivity contribution in [2.75, 3.05) is 4.90 Å². The molecule has 12 heavy (non-hydrogen) atoms. The van der Waals surface area contributed by atoms with E-state index in [1.807, 2.05) is 17.5 Å². The summed E-state index contributed by atoms with van der Waals surface area (Å²) in [4.78, 5) is 12.3. The molecule has 1 aliphatic rings. The van der Waals surface area contributed by atoms with Crippen LogP contribution in [0.2, 0.25) is 0 Å². The van der Waals surface area contributed by atoms with Crippen LogP contribution >= 0.6 is 11.3 Å². The maximum atomic E-state index is 10.8. The minimum atomic E-state index is -0.833. The van der Waals surface area contributed by atoms with Gasteiger partial charge in [-0.25, -0.2) is 4.79 Å². The number of nitrogens with zero attached hydrogens (tertiary/aromatic N) is 1. The largest absolute Gasteiger partial charge is 0.465 e. The van der Waals surface area contributed by atoms with Gasteiger partial charge in [-0.3, -0.25) is 4.90 Å². The molecule has 0 unspecified atom stereocenters. The van der Waals surface area contributed by atoms with Gasteiger partial charge in [-0.05, 0) is 30.4 Å². The molecule has 1 saturated carbocycles. The SMILES string of the molecule is O=C(O)N(c1cccs1)C1CC1. The van der Waals surface area contributed by atoms with E-state index in [0.717, 1.165) is 17.8 Å². The van der Waals surface area contributed by atoms with Crippen LogP contribution in [0.25, 0.3) is 0 Å². The molecule has 0 bridgehead atoms. The molecule has 64 valence electrons. The average Bonchev–Trinajstić information content (AvgIpc) is 2.65. The number of hydrogen-bond acceptors (Lipinski definition) is 2. The normalized spacial score (nSPS) is 16.0. The van der Waals surface area contributed by atoms with Crippen molar-refractivity contribution < 1.29 is 9.90 Å². The van der Waals surface area contributed by atoms with Crippen molar-refractivity contribution in [3.05, 3.63) is 17.5 Å². The summed E-state index contributed by atoms with van der Waals surface area (Å²) in [5.41, 5.74) is 0. The summed E-state index contributed by atoms with van der Waals surface area (Å²) < 4.78 is 0. The highest BCUT2D eigenvalue weighted by Gasteiger charge is 2.34. The fourth-order valence-electron chi connectivity index (χ4n) is 1.17. The molecular formula is C8H9NO2S. The predicted octanol–water partition coefficient (Wildman–Crippen LogP) is 2.39. The van der Waals surface area contributed by atoms with Crippen molar-refractivity contribution in [2.45, 2.75) is 18.9 Å². The molecule has 1 aromatic heterocycles. The Kier molecular flexibility index (Phi) is 1.77. The molecule has 1 fully saturated rings. The standard InChI is InChI=1S/C8H9NO2S/c10-8(11)9(6-3-4-6)7-2-1-5-12-7/h1-2,5-6H,3-4H2,(H,10,11). The third kappa shape index (κ3) is 1.30. The fourth-order valence-corrected chi connectivity index (χ4v) is 1.96. The summed E-state index contributed by atoms with van der Waals surface area (Å²) in [6.07, 6.45) is 1.17. The number of rotatable bonds is 2. The Morgan fingerprint density at radius 3 is 2.83 bits per heavy atom. The summed E-state index contributed by atoms with van der Waals surface area (Å²) >= 11 is 1.47. The molecule has 0 atom stereocenters. The van der Waals surface area contributed by atoms with Crippen LogP contribution in [0.1, 0.15) is 12.8 Å². The molecule has 0 radical (unpaired) electrons. The van der Waals surface area contributed by atoms with E-state index in [2.05, 4.69) is 0 Å². The van der Waals surface area contributed by atoms with Gasteiger partial charge in [0.2, 0.25) is 0 Å². The first kappa shape index (κ1) is 7.61. The number of carbonyl (C=O) groups is 1. The molecule has 1 aliphatic carbocycles. The van der Waals surface area contributed by atoms with E-state index >= 15 is 0 Å². The molecule has 1 heterocycles. The van der Waals surface area contributed by atoms with E-state index in [1.165, 1.54) is 16.2 Å². The van der Waals surface area contributed by atoms with Gasteiger partial charge in [0.15, 0.2) is 0 Å². The lowest BCUT2D eigenvalue weighted by atomic mass is 10.5. The van der Waals surface area contributed by atoms with E-state index in [9.17, 15) is 4.79 Å². The van der Waals surface area contributed by atoms with E-state index < -0.39 is 6.09 Å². The summed E-state index contributed by atoms with van der Waals surface area (Å²) in [5.74, 6) is 0. The second-order valence-corrected chi connectivity index (χ2v) is 3.76. The molecule has 1 amide bonds. The Morgan fingerprint density at radius 1 is 1.67 bits per heavy atom. The molecule has 0 aliphatic heterocycles. The highest BCUT2D eigenvalue weighted by atomic mass is 32.1. The topological polar surface area (TPSA) is 40.5 Å². The Morgan fingerprint density at radius 2 is 2.42 bits per heavy atom. The number of thiophene rings is 1. The third-order valence-electron chi connectivity index (χ3n) is 1.86. The molecule has 1 N–H and O–H groups in total. The average molecular weight is 183 g/mol. The molecule has 4 heteroatoms. The van der Waals surface area contributed by atoms with Crippen LogP contribution in [0, 0.1) is 0 Å². The number of carboxylic acid groups (broad SMARTS) is 1. The van der Waals surface area contributed by atoms with Gasteiger partial charge in [-0.15, -0.1) is 11.3 Å². The van der Waals surface area contributed by atoms with E-state index in [-0.39, 0.29) is 6.04 Å². The van der Waals surface area contributed by atoms with Crippen LogP contribution < -0.4 is 4.90 Å². The highest BCUT2D eigenvalue weighted by molar-refractivity contribution is 7.14. The lowest BCUT2D eigenvalue weighted by Crippen LogP contribution is -2.30. The fraction of sp³-hybridized carbons (Fsp3) is 0.375. The minimum absolute atomic E-state index is 0.237. The molecule has 1 aromatic rings. The first-order valence-corrected chi connectivity index (χ1v) is 4.72. The monoisotopic (exact) mass is 183 g/mol. The summed E-state index contributed by atoms with van der Waals surface area (Å²) in [6.45, 7) is 0. The predicted molar refractivity (Wildman–Crippen MR) is 47.8 cm³/mol. The van der Waals surface area contributed by atoms with Crippen molar-refractivity contribution in [3.8, 4) is 0 Å². The summed E-state index contributed by atoms with van der Waals surface area (Å²) in [5, 5.41) is 11.6. The maximum Gasteiger partial charge on any atom is 0.412 e. The second kappa shape index (κ2) is 2.79. The van der Waals surface area contributed by atoms with Crippen molar-refractivity contribution in [3.63, 3.8) is 0 Å². The van der Waals surface area contributed by atoms with Crippen LogP contribution in [0.3, 0.4) is 0 Å². The number of amides is 1. The Balaban J connectivity index is 2.21. The first-order chi connectivity index (χ1) is 5.79. The van der Waals surface area contributed by atoms with Gasteiger partial charge in [0.25, 0.3) is 0 Å².